The molecule has 1 N–H and O–H groups in total. The monoisotopic (exact) mass is 207 g/mol. The summed E-state index contributed by atoms with van der Waals surface area (Å²) in [6.45, 7) is 4.76. The highest BCUT2D eigenvalue weighted by molar-refractivity contribution is 6.18. The van der Waals surface area contributed by atoms with E-state index in [0.717, 1.165) is 12.8 Å². The molecule has 0 aliphatic rings. The molecule has 0 bridgehead atoms. The van der Waals surface area contributed by atoms with Crippen molar-refractivity contribution in [1.82, 2.24) is 5.32 Å². The third-order valence-corrected chi connectivity index (χ3v) is 2.00. The lowest BCUT2D eigenvalue weighted by Crippen LogP contribution is -2.38. The molecule has 0 saturated heterocycles. The quantitative estimate of drug-likeness (QED) is 0.508. The van der Waals surface area contributed by atoms with Gasteiger partial charge in [0.1, 0.15) is 6.61 Å². The zero-order chi connectivity index (χ0) is 10.1. The highest BCUT2D eigenvalue weighted by atomic mass is 35.5. The number of rotatable bonds is 7. The molecule has 0 saturated carbocycles. The van der Waals surface area contributed by atoms with Crippen molar-refractivity contribution in [3.8, 4) is 0 Å². The second-order valence-electron chi connectivity index (χ2n) is 2.88. The molecule has 0 spiro atoms. The van der Waals surface area contributed by atoms with E-state index in [1.54, 1.807) is 0 Å². The van der Waals surface area contributed by atoms with Crippen LogP contribution in [0.25, 0.3) is 0 Å². The summed E-state index contributed by atoms with van der Waals surface area (Å²) in [6.07, 6.45) is 1.78. The van der Waals surface area contributed by atoms with Gasteiger partial charge in [-0.1, -0.05) is 13.8 Å². The van der Waals surface area contributed by atoms with E-state index in [2.05, 4.69) is 5.32 Å². The van der Waals surface area contributed by atoms with Gasteiger partial charge in [-0.15, -0.1) is 11.6 Å². The molecule has 3 nitrogen and oxygen atoms in total. The maximum absolute atomic E-state index is 11.2. The maximum atomic E-state index is 11.2. The van der Waals surface area contributed by atoms with Crippen LogP contribution >= 0.6 is 11.6 Å². The zero-order valence-electron chi connectivity index (χ0n) is 8.31. The molecule has 0 aromatic heterocycles. The van der Waals surface area contributed by atoms with E-state index < -0.39 is 0 Å². The number of hydrogen-bond acceptors (Lipinski definition) is 2. The van der Waals surface area contributed by atoms with Gasteiger partial charge in [-0.05, 0) is 12.8 Å². The van der Waals surface area contributed by atoms with Gasteiger partial charge in [0.15, 0.2) is 0 Å². The molecule has 0 heterocycles. The third-order valence-electron chi connectivity index (χ3n) is 1.63. The molecule has 4 heteroatoms. The van der Waals surface area contributed by atoms with Gasteiger partial charge in [-0.3, -0.25) is 4.79 Å². The highest BCUT2D eigenvalue weighted by Crippen LogP contribution is 1.93. The molecular formula is C9H18ClNO2. The number of amides is 1. The van der Waals surface area contributed by atoms with Crippen LogP contribution in [0.4, 0.5) is 0 Å². The number of ether oxygens (including phenoxy) is 1. The van der Waals surface area contributed by atoms with Crippen molar-refractivity contribution >= 4 is 17.5 Å². The highest BCUT2D eigenvalue weighted by Gasteiger charge is 2.08. The molecule has 0 rings (SSSR count). The Balaban J connectivity index is 3.48. The number of hydrogen-bond donors (Lipinski definition) is 1. The SMILES string of the molecule is CCCOCC(=O)NC(CC)CCl. The number of alkyl halides is 1. The Kier molecular flexibility index (Phi) is 8.14. The van der Waals surface area contributed by atoms with Crippen molar-refractivity contribution in [2.75, 3.05) is 19.1 Å². The van der Waals surface area contributed by atoms with Crippen LogP contribution in [0.5, 0.6) is 0 Å². The van der Waals surface area contributed by atoms with Gasteiger partial charge in [-0.2, -0.15) is 0 Å². The smallest absolute Gasteiger partial charge is 0.246 e. The fourth-order valence-electron chi connectivity index (χ4n) is 0.828. The van der Waals surface area contributed by atoms with Crippen molar-refractivity contribution < 1.29 is 9.53 Å². The van der Waals surface area contributed by atoms with E-state index in [1.165, 1.54) is 0 Å². The molecule has 0 aliphatic heterocycles. The van der Waals surface area contributed by atoms with E-state index in [1.807, 2.05) is 13.8 Å². The number of halogens is 1. The molecule has 1 amide bonds. The van der Waals surface area contributed by atoms with E-state index in [0.29, 0.717) is 12.5 Å². The second kappa shape index (κ2) is 8.32. The summed E-state index contributed by atoms with van der Waals surface area (Å²) in [5.41, 5.74) is 0. The summed E-state index contributed by atoms with van der Waals surface area (Å²) in [5, 5.41) is 2.78. The Hall–Kier alpha value is -0.280. The van der Waals surface area contributed by atoms with Gasteiger partial charge in [0, 0.05) is 18.5 Å². The first-order valence-electron chi connectivity index (χ1n) is 4.67. The first-order chi connectivity index (χ1) is 6.24. The predicted octanol–water partition coefficient (Wildman–Crippen LogP) is 1.55. The average Bonchev–Trinajstić information content (AvgIpc) is 2.14. The van der Waals surface area contributed by atoms with Crippen LogP contribution in [-0.2, 0) is 9.53 Å². The summed E-state index contributed by atoms with van der Waals surface area (Å²) in [7, 11) is 0. The third kappa shape index (κ3) is 6.84. The van der Waals surface area contributed by atoms with Crippen LogP contribution in [0.3, 0.4) is 0 Å². The maximum Gasteiger partial charge on any atom is 0.246 e. The zero-order valence-corrected chi connectivity index (χ0v) is 9.06. The van der Waals surface area contributed by atoms with E-state index >= 15 is 0 Å². The lowest BCUT2D eigenvalue weighted by atomic mass is 10.2. The van der Waals surface area contributed by atoms with Gasteiger partial charge in [-0.25, -0.2) is 0 Å². The molecule has 78 valence electrons. The van der Waals surface area contributed by atoms with Gasteiger partial charge in [0.25, 0.3) is 0 Å². The summed E-state index contributed by atoms with van der Waals surface area (Å²) < 4.78 is 5.08. The number of carbonyl (C=O) groups is 1. The van der Waals surface area contributed by atoms with Crippen LogP contribution in [0.15, 0.2) is 0 Å². The normalized spacial score (nSPS) is 12.5. The van der Waals surface area contributed by atoms with Crippen molar-refractivity contribution in [3.63, 3.8) is 0 Å². The summed E-state index contributed by atoms with van der Waals surface area (Å²) >= 11 is 5.62. The Bertz CT molecular complexity index is 138. The fourth-order valence-corrected chi connectivity index (χ4v) is 1.12. The summed E-state index contributed by atoms with van der Waals surface area (Å²) in [6, 6.07) is 0.0689. The first kappa shape index (κ1) is 12.7. The second-order valence-corrected chi connectivity index (χ2v) is 3.19. The molecule has 0 aromatic carbocycles. The van der Waals surface area contributed by atoms with E-state index in [4.69, 9.17) is 16.3 Å². The van der Waals surface area contributed by atoms with Crippen molar-refractivity contribution in [2.45, 2.75) is 32.7 Å². The van der Waals surface area contributed by atoms with Crippen LogP contribution in [-0.4, -0.2) is 31.0 Å². The van der Waals surface area contributed by atoms with Crippen LogP contribution in [0.2, 0.25) is 0 Å². The Morgan fingerprint density at radius 1 is 1.54 bits per heavy atom. The predicted molar refractivity (Wildman–Crippen MR) is 54.1 cm³/mol. The minimum atomic E-state index is -0.0825. The molecule has 0 aliphatic carbocycles. The Labute approximate surface area is 84.8 Å². The summed E-state index contributed by atoms with van der Waals surface area (Å²) in [4.78, 5) is 11.2. The first-order valence-corrected chi connectivity index (χ1v) is 5.21. The Morgan fingerprint density at radius 3 is 2.69 bits per heavy atom. The van der Waals surface area contributed by atoms with Crippen LogP contribution < -0.4 is 5.32 Å². The van der Waals surface area contributed by atoms with E-state index in [9.17, 15) is 4.79 Å². The molecule has 1 unspecified atom stereocenters. The van der Waals surface area contributed by atoms with Crippen molar-refractivity contribution in [2.24, 2.45) is 0 Å². The van der Waals surface area contributed by atoms with Crippen LogP contribution in [0.1, 0.15) is 26.7 Å². The average molecular weight is 208 g/mol. The Morgan fingerprint density at radius 2 is 2.23 bits per heavy atom. The summed E-state index contributed by atoms with van der Waals surface area (Å²) in [5.74, 6) is 0.372. The molecular weight excluding hydrogens is 190 g/mol. The minimum absolute atomic E-state index is 0.0689. The van der Waals surface area contributed by atoms with E-state index in [-0.39, 0.29) is 18.6 Å². The molecule has 0 aromatic rings. The largest absolute Gasteiger partial charge is 0.372 e. The van der Waals surface area contributed by atoms with Gasteiger partial charge < -0.3 is 10.1 Å². The van der Waals surface area contributed by atoms with Gasteiger partial charge in [0.05, 0.1) is 0 Å². The van der Waals surface area contributed by atoms with Crippen molar-refractivity contribution in [3.05, 3.63) is 0 Å². The molecule has 0 fully saturated rings. The molecule has 0 radical (unpaired) electrons. The lowest BCUT2D eigenvalue weighted by molar-refractivity contribution is -0.126. The minimum Gasteiger partial charge on any atom is -0.372 e. The van der Waals surface area contributed by atoms with Gasteiger partial charge in [0.2, 0.25) is 5.91 Å². The van der Waals surface area contributed by atoms with Gasteiger partial charge >= 0.3 is 0 Å². The topological polar surface area (TPSA) is 38.3 Å². The number of carbonyl (C=O) groups excluding carboxylic acids is 1. The lowest BCUT2D eigenvalue weighted by Gasteiger charge is -2.13. The molecule has 13 heavy (non-hydrogen) atoms. The van der Waals surface area contributed by atoms with Crippen molar-refractivity contribution in [1.29, 1.82) is 0 Å². The fraction of sp³-hybridized carbons (Fsp3) is 0.889. The van der Waals surface area contributed by atoms with Crippen LogP contribution in [0, 0.1) is 0 Å². The number of nitrogens with one attached hydrogen (secondary N) is 1. The molecule has 1 atom stereocenters. The standard InChI is InChI=1S/C9H18ClNO2/c1-3-5-13-7-9(12)11-8(4-2)6-10/h8H,3-7H2,1-2H3,(H,11,12).